The molecule has 1 aromatic carbocycles. The number of hydrogen-bond acceptors (Lipinski definition) is 7. The Balaban J connectivity index is 1.46. The van der Waals surface area contributed by atoms with Gasteiger partial charge in [0.15, 0.2) is 12.0 Å². The number of aliphatic hydroxyl groups excluding tert-OH is 1. The monoisotopic (exact) mass is 558 g/mol. The Morgan fingerprint density at radius 3 is 2.62 bits per heavy atom. The van der Waals surface area contributed by atoms with Crippen LogP contribution in [0.15, 0.2) is 58.1 Å². The van der Waals surface area contributed by atoms with E-state index in [2.05, 4.69) is 10.6 Å². The molecule has 0 saturated carbocycles. The zero-order chi connectivity index (χ0) is 28.3. The molecule has 2 unspecified atom stereocenters. The third-order valence-electron chi connectivity index (χ3n) is 6.88. The summed E-state index contributed by atoms with van der Waals surface area (Å²) in [7, 11) is -4.15. The molecule has 1 aliphatic heterocycles. The highest BCUT2D eigenvalue weighted by atomic mass is 32.2. The maximum Gasteiger partial charge on any atom is 0.323 e. The normalized spacial score (nSPS) is 19.5. The Hall–Kier alpha value is -3.48. The fourth-order valence-corrected chi connectivity index (χ4v) is 6.36. The summed E-state index contributed by atoms with van der Waals surface area (Å²) in [4.78, 5) is 26.5. The second kappa shape index (κ2) is 11.7. The topological polar surface area (TPSA) is 156 Å². The molecule has 11 nitrogen and oxygen atoms in total. The number of pyridine rings is 1. The number of hydrogen-bond donors (Lipinski definition) is 3. The number of benzene rings is 1. The quantitative estimate of drug-likeness (QED) is 0.281. The molecular weight excluding hydrogens is 524 g/mol. The van der Waals surface area contributed by atoms with Crippen LogP contribution in [0.5, 0.6) is 0 Å². The zero-order valence-corrected chi connectivity index (χ0v) is 23.0. The van der Waals surface area contributed by atoms with Gasteiger partial charge in [-0.1, -0.05) is 32.0 Å². The van der Waals surface area contributed by atoms with Gasteiger partial charge in [0.2, 0.25) is 5.91 Å². The van der Waals surface area contributed by atoms with Crippen LogP contribution < -0.4 is 15.4 Å². The fraction of sp³-hybridized carbons (Fsp3) is 0.444. The van der Waals surface area contributed by atoms with E-state index in [1.54, 1.807) is 13.0 Å². The second-order valence-electron chi connectivity index (χ2n) is 10.3. The summed E-state index contributed by atoms with van der Waals surface area (Å²) in [5.41, 5.74) is 1.24. The number of fused-ring (bicyclic) bond motifs is 1. The molecule has 210 valence electrons. The predicted octanol–water partition coefficient (Wildman–Crippen LogP) is 1.85. The summed E-state index contributed by atoms with van der Waals surface area (Å²) in [6.45, 7) is 5.42. The third kappa shape index (κ3) is 6.23. The lowest BCUT2D eigenvalue weighted by Crippen LogP contribution is -2.54. The van der Waals surface area contributed by atoms with Crippen LogP contribution >= 0.6 is 0 Å². The summed E-state index contributed by atoms with van der Waals surface area (Å²) < 4.78 is 33.2. The predicted molar refractivity (Wildman–Crippen MR) is 143 cm³/mol. The van der Waals surface area contributed by atoms with Crippen molar-refractivity contribution in [1.29, 1.82) is 0 Å². The number of sulfonamides is 1. The molecule has 0 bridgehead atoms. The number of amides is 2. The van der Waals surface area contributed by atoms with Gasteiger partial charge in [0.25, 0.3) is 5.91 Å². The first-order chi connectivity index (χ1) is 18.5. The first kappa shape index (κ1) is 28.5. The van der Waals surface area contributed by atoms with Crippen molar-refractivity contribution in [3.05, 3.63) is 65.2 Å². The van der Waals surface area contributed by atoms with Crippen LogP contribution in [0.2, 0.25) is 0 Å². The van der Waals surface area contributed by atoms with Crippen LogP contribution in [-0.4, -0.2) is 60.9 Å². The van der Waals surface area contributed by atoms with Crippen molar-refractivity contribution < 1.29 is 32.3 Å². The smallest absolute Gasteiger partial charge is 0.323 e. The molecule has 1 aliphatic rings. The molecule has 3 aromatic rings. The minimum Gasteiger partial charge on any atom is -0.618 e. The lowest BCUT2D eigenvalue weighted by Gasteiger charge is -2.27. The molecule has 3 atom stereocenters. The molecule has 3 N–H and O–H groups in total. The van der Waals surface area contributed by atoms with Crippen LogP contribution in [0.25, 0.3) is 11.0 Å². The number of rotatable bonds is 8. The van der Waals surface area contributed by atoms with Crippen molar-refractivity contribution in [2.24, 2.45) is 5.92 Å². The number of nitrogens with one attached hydrogen (secondary N) is 2. The fourth-order valence-electron chi connectivity index (χ4n) is 4.84. The Kier molecular flexibility index (Phi) is 8.57. The Morgan fingerprint density at radius 2 is 1.92 bits per heavy atom. The second-order valence-corrected chi connectivity index (χ2v) is 12.1. The van der Waals surface area contributed by atoms with Crippen LogP contribution in [-0.2, 0) is 14.8 Å². The van der Waals surface area contributed by atoms with Gasteiger partial charge in [0.05, 0.1) is 12.1 Å². The zero-order valence-electron chi connectivity index (χ0n) is 22.2. The molecule has 12 heteroatoms. The average Bonchev–Trinajstić information content (AvgIpc) is 3.11. The standard InChI is InChI=1S/C27H34N4O7S/c1-17(2)15-21(29-27(34)25-18(3)19-9-4-5-11-23(19)38-25)26(33)28-20-10-8-13-30(16-22(20)32)39(36,37)24-12-6-7-14-31(24)35/h4-7,9,11-12,14,17,20-22,32H,8,10,13,15-16H2,1-3H3,(H,28,33)(H,29,34)/t20?,21?,22-/m0/s1. The van der Waals surface area contributed by atoms with E-state index in [9.17, 15) is 28.3 Å². The first-order valence-corrected chi connectivity index (χ1v) is 14.4. The molecule has 0 spiro atoms. The van der Waals surface area contributed by atoms with E-state index in [-0.39, 0.29) is 29.5 Å². The number of para-hydroxylation sites is 1. The highest BCUT2D eigenvalue weighted by molar-refractivity contribution is 7.88. The summed E-state index contributed by atoms with van der Waals surface area (Å²) >= 11 is 0. The van der Waals surface area contributed by atoms with E-state index in [1.807, 2.05) is 32.0 Å². The Bertz CT molecular complexity index is 1450. The molecule has 4 rings (SSSR count). The van der Waals surface area contributed by atoms with E-state index in [0.717, 1.165) is 15.9 Å². The van der Waals surface area contributed by atoms with Crippen LogP contribution in [0.1, 0.15) is 49.2 Å². The number of aliphatic hydroxyl groups is 1. The number of aromatic nitrogens is 1. The van der Waals surface area contributed by atoms with E-state index in [0.29, 0.717) is 30.4 Å². The number of furan rings is 1. The number of carbonyl (C=O) groups is 2. The largest absolute Gasteiger partial charge is 0.618 e. The van der Waals surface area contributed by atoms with Gasteiger partial charge in [-0.3, -0.25) is 9.59 Å². The van der Waals surface area contributed by atoms with Gasteiger partial charge >= 0.3 is 15.0 Å². The molecule has 2 amide bonds. The molecular formula is C27H34N4O7S. The van der Waals surface area contributed by atoms with Crippen molar-refractivity contribution in [1.82, 2.24) is 14.9 Å². The summed E-state index contributed by atoms with van der Waals surface area (Å²) in [6, 6.07) is 9.73. The van der Waals surface area contributed by atoms with Gasteiger partial charge < -0.3 is 25.4 Å². The van der Waals surface area contributed by atoms with Crippen LogP contribution in [0, 0.1) is 18.0 Å². The molecule has 0 radical (unpaired) electrons. The Morgan fingerprint density at radius 1 is 1.21 bits per heavy atom. The van der Waals surface area contributed by atoms with Crippen LogP contribution in [0.4, 0.5) is 0 Å². The number of nitrogens with zero attached hydrogens (tertiary/aromatic N) is 2. The lowest BCUT2D eigenvalue weighted by molar-refractivity contribution is -0.646. The molecule has 2 aromatic heterocycles. The minimum atomic E-state index is -4.15. The van der Waals surface area contributed by atoms with Crippen molar-refractivity contribution in [3.63, 3.8) is 0 Å². The van der Waals surface area contributed by atoms with Crippen molar-refractivity contribution in [2.75, 3.05) is 13.1 Å². The minimum absolute atomic E-state index is 0.0715. The molecule has 1 fully saturated rings. The van der Waals surface area contributed by atoms with Gasteiger partial charge in [-0.05, 0) is 44.2 Å². The molecule has 1 saturated heterocycles. The molecule has 39 heavy (non-hydrogen) atoms. The number of aryl methyl sites for hydroxylation is 1. The van der Waals surface area contributed by atoms with Gasteiger partial charge in [-0.2, -0.15) is 9.04 Å². The van der Waals surface area contributed by atoms with Crippen molar-refractivity contribution in [3.8, 4) is 0 Å². The summed E-state index contributed by atoms with van der Waals surface area (Å²) in [5.74, 6) is -0.796. The highest BCUT2D eigenvalue weighted by Gasteiger charge is 2.37. The van der Waals surface area contributed by atoms with Gasteiger partial charge in [0.1, 0.15) is 11.6 Å². The van der Waals surface area contributed by atoms with E-state index in [4.69, 9.17) is 4.42 Å². The maximum absolute atomic E-state index is 13.3. The lowest BCUT2D eigenvalue weighted by atomic mass is 10.0. The summed E-state index contributed by atoms with van der Waals surface area (Å²) in [5, 5.41) is 28.9. The van der Waals surface area contributed by atoms with E-state index in [1.165, 1.54) is 18.2 Å². The van der Waals surface area contributed by atoms with E-state index < -0.39 is 45.1 Å². The SMILES string of the molecule is Cc1c(C(=O)NC(CC(C)C)C(=O)NC2CCCN(S(=O)(=O)c3cccc[n+]3[O-])C[C@@H]2O)oc2ccccc12. The summed E-state index contributed by atoms with van der Waals surface area (Å²) in [6.07, 6.45) is 0.892. The third-order valence-corrected chi connectivity index (χ3v) is 8.73. The van der Waals surface area contributed by atoms with Crippen molar-refractivity contribution >= 4 is 32.8 Å². The van der Waals surface area contributed by atoms with E-state index >= 15 is 0 Å². The molecule has 0 aliphatic carbocycles. The number of carbonyl (C=O) groups excluding carboxylic acids is 2. The maximum atomic E-state index is 13.3. The van der Waals surface area contributed by atoms with Crippen LogP contribution in [0.3, 0.4) is 0 Å². The first-order valence-electron chi connectivity index (χ1n) is 12.9. The molecule has 3 heterocycles. The average molecular weight is 559 g/mol. The highest BCUT2D eigenvalue weighted by Crippen LogP contribution is 2.25. The van der Waals surface area contributed by atoms with Gasteiger partial charge in [-0.25, -0.2) is 8.42 Å². The van der Waals surface area contributed by atoms with Gasteiger partial charge in [-0.15, -0.1) is 0 Å². The van der Waals surface area contributed by atoms with Crippen molar-refractivity contribution in [2.45, 2.75) is 63.2 Å². The van der Waals surface area contributed by atoms with Gasteiger partial charge in [0, 0.05) is 36.2 Å². The Labute approximate surface area is 227 Å². The number of β-amino-alcohol motifs (C(OH)–C–C–N with tert-alkyl or cyclic N) is 1.